The van der Waals surface area contributed by atoms with Gasteiger partial charge in [0.25, 0.3) is 5.91 Å². The van der Waals surface area contributed by atoms with Gasteiger partial charge in [0, 0.05) is 31.7 Å². The summed E-state index contributed by atoms with van der Waals surface area (Å²) in [4.78, 5) is 39.8. The second-order valence-corrected chi connectivity index (χ2v) is 6.63. The molecule has 3 rings (SSSR count). The van der Waals surface area contributed by atoms with Crippen LogP contribution < -0.4 is 4.90 Å². The molecule has 0 spiro atoms. The number of amides is 2. The smallest absolute Gasteiger partial charge is 0.338 e. The van der Waals surface area contributed by atoms with Gasteiger partial charge in [0.05, 0.1) is 5.56 Å². The number of benzene rings is 1. The van der Waals surface area contributed by atoms with Crippen molar-refractivity contribution in [3.05, 3.63) is 29.8 Å². The number of likely N-dealkylation sites (tertiary alicyclic amines) is 1. The molecule has 0 aliphatic carbocycles. The minimum absolute atomic E-state index is 0.107. The van der Waals surface area contributed by atoms with Crippen LogP contribution in [0.2, 0.25) is 0 Å². The molecule has 0 N–H and O–H groups in total. The van der Waals surface area contributed by atoms with Crippen molar-refractivity contribution < 1.29 is 19.1 Å². The monoisotopic (exact) mass is 344 g/mol. The lowest BCUT2D eigenvalue weighted by molar-refractivity contribution is -0.140. The topological polar surface area (TPSA) is 66.9 Å². The highest BCUT2D eigenvalue weighted by Gasteiger charge is 2.26. The number of ether oxygens (including phenoxy) is 1. The highest BCUT2D eigenvalue weighted by molar-refractivity contribution is 5.96. The molecule has 134 valence electrons. The quantitative estimate of drug-likeness (QED) is 0.787. The van der Waals surface area contributed by atoms with Gasteiger partial charge >= 0.3 is 5.97 Å². The largest absolute Gasteiger partial charge is 0.449 e. The summed E-state index contributed by atoms with van der Waals surface area (Å²) in [7, 11) is 0. The van der Waals surface area contributed by atoms with Crippen LogP contribution in [0.1, 0.15) is 49.4 Å². The Bertz CT molecular complexity index is 650. The summed E-state index contributed by atoms with van der Waals surface area (Å²) in [6.45, 7) is 3.80. The summed E-state index contributed by atoms with van der Waals surface area (Å²) in [5.41, 5.74) is 1.17. The van der Waals surface area contributed by atoms with Gasteiger partial charge in [0.1, 0.15) is 0 Å². The number of anilines is 1. The Morgan fingerprint density at radius 3 is 2.28 bits per heavy atom. The number of esters is 1. The van der Waals surface area contributed by atoms with E-state index < -0.39 is 12.1 Å². The summed E-state index contributed by atoms with van der Waals surface area (Å²) in [6, 6.07) is 6.77. The Labute approximate surface area is 147 Å². The molecule has 0 bridgehead atoms. The third-order valence-electron chi connectivity index (χ3n) is 4.79. The molecule has 1 atom stereocenters. The average molecular weight is 344 g/mol. The normalized spacial score (nSPS) is 19.0. The fourth-order valence-electron chi connectivity index (χ4n) is 3.35. The van der Waals surface area contributed by atoms with Crippen molar-refractivity contribution >= 4 is 23.5 Å². The van der Waals surface area contributed by atoms with E-state index in [1.165, 1.54) is 0 Å². The minimum Gasteiger partial charge on any atom is -0.449 e. The van der Waals surface area contributed by atoms with Gasteiger partial charge in [-0.05, 0) is 56.9 Å². The Hall–Kier alpha value is -2.37. The standard InChI is InChI=1S/C19H24N2O4/c1-14(18(23)20-11-3-2-4-12-20)25-19(24)15-7-9-16(10-8-15)21-13-5-6-17(21)22/h7-10,14H,2-6,11-13H2,1H3/t14-/m1/s1. The van der Waals surface area contributed by atoms with Crippen molar-refractivity contribution in [1.29, 1.82) is 0 Å². The van der Waals surface area contributed by atoms with Gasteiger partial charge in [-0.3, -0.25) is 9.59 Å². The molecule has 6 heteroatoms. The van der Waals surface area contributed by atoms with Crippen LogP contribution >= 0.6 is 0 Å². The van der Waals surface area contributed by atoms with Crippen molar-refractivity contribution in [2.24, 2.45) is 0 Å². The van der Waals surface area contributed by atoms with E-state index in [1.54, 1.807) is 41.0 Å². The molecular weight excluding hydrogens is 320 g/mol. The van der Waals surface area contributed by atoms with Crippen LogP contribution in [0.25, 0.3) is 0 Å². The first-order valence-electron chi connectivity index (χ1n) is 8.96. The first kappa shape index (κ1) is 17.5. The van der Waals surface area contributed by atoms with Crippen molar-refractivity contribution in [2.45, 2.75) is 45.1 Å². The molecule has 2 fully saturated rings. The van der Waals surface area contributed by atoms with Gasteiger partial charge in [0.2, 0.25) is 5.91 Å². The third kappa shape index (κ3) is 4.00. The Morgan fingerprint density at radius 2 is 1.68 bits per heavy atom. The summed E-state index contributed by atoms with van der Waals surface area (Å²) >= 11 is 0. The van der Waals surface area contributed by atoms with Crippen LogP contribution in [0.4, 0.5) is 5.69 Å². The maximum atomic E-state index is 12.3. The molecule has 6 nitrogen and oxygen atoms in total. The molecular formula is C19H24N2O4. The summed E-state index contributed by atoms with van der Waals surface area (Å²) in [6.07, 6.45) is 3.79. The second kappa shape index (κ2) is 7.68. The first-order valence-corrected chi connectivity index (χ1v) is 8.96. The fraction of sp³-hybridized carbons (Fsp3) is 0.526. The van der Waals surface area contributed by atoms with Crippen LogP contribution in [0.15, 0.2) is 24.3 Å². The maximum Gasteiger partial charge on any atom is 0.338 e. The number of carbonyl (C=O) groups is 3. The van der Waals surface area contributed by atoms with Gasteiger partial charge < -0.3 is 14.5 Å². The van der Waals surface area contributed by atoms with E-state index in [0.717, 1.165) is 44.5 Å². The molecule has 2 aliphatic rings. The van der Waals surface area contributed by atoms with Gasteiger partial charge in [-0.2, -0.15) is 0 Å². The van der Waals surface area contributed by atoms with E-state index in [-0.39, 0.29) is 11.8 Å². The van der Waals surface area contributed by atoms with Gasteiger partial charge in [-0.15, -0.1) is 0 Å². The number of hydrogen-bond acceptors (Lipinski definition) is 4. The second-order valence-electron chi connectivity index (χ2n) is 6.63. The Kier molecular flexibility index (Phi) is 5.36. The molecule has 0 saturated carbocycles. The third-order valence-corrected chi connectivity index (χ3v) is 4.79. The molecule has 0 unspecified atom stereocenters. The zero-order valence-corrected chi connectivity index (χ0v) is 14.6. The lowest BCUT2D eigenvalue weighted by Crippen LogP contribution is -2.42. The van der Waals surface area contributed by atoms with E-state index in [2.05, 4.69) is 0 Å². The predicted molar refractivity (Wildman–Crippen MR) is 93.3 cm³/mol. The summed E-state index contributed by atoms with van der Waals surface area (Å²) in [5.74, 6) is -0.541. The van der Waals surface area contributed by atoms with Crippen LogP contribution in [-0.2, 0) is 14.3 Å². The predicted octanol–water partition coefficient (Wildman–Crippen LogP) is 2.37. The van der Waals surface area contributed by atoms with Crippen LogP contribution in [0, 0.1) is 0 Å². The Balaban J connectivity index is 1.58. The van der Waals surface area contributed by atoms with Gasteiger partial charge in [-0.1, -0.05) is 0 Å². The van der Waals surface area contributed by atoms with Crippen molar-refractivity contribution in [1.82, 2.24) is 4.90 Å². The molecule has 2 amide bonds. The Morgan fingerprint density at radius 1 is 1.00 bits per heavy atom. The number of nitrogens with zero attached hydrogens (tertiary/aromatic N) is 2. The van der Waals surface area contributed by atoms with E-state index in [9.17, 15) is 14.4 Å². The van der Waals surface area contributed by atoms with Crippen molar-refractivity contribution in [3.8, 4) is 0 Å². The summed E-state index contributed by atoms with van der Waals surface area (Å²) < 4.78 is 5.33. The van der Waals surface area contributed by atoms with Crippen LogP contribution in [0.3, 0.4) is 0 Å². The van der Waals surface area contributed by atoms with Crippen molar-refractivity contribution in [2.75, 3.05) is 24.5 Å². The van der Waals surface area contributed by atoms with E-state index in [0.29, 0.717) is 18.5 Å². The lowest BCUT2D eigenvalue weighted by atomic mass is 10.1. The van der Waals surface area contributed by atoms with Gasteiger partial charge in [-0.25, -0.2) is 4.79 Å². The average Bonchev–Trinajstić information content (AvgIpc) is 3.07. The molecule has 25 heavy (non-hydrogen) atoms. The number of piperidine rings is 1. The lowest BCUT2D eigenvalue weighted by Gasteiger charge is -2.28. The SMILES string of the molecule is C[C@@H](OC(=O)c1ccc(N2CCCC2=O)cc1)C(=O)N1CCCCC1. The van der Waals surface area contributed by atoms with Crippen LogP contribution in [0.5, 0.6) is 0 Å². The zero-order valence-electron chi connectivity index (χ0n) is 14.6. The molecule has 2 saturated heterocycles. The number of hydrogen-bond donors (Lipinski definition) is 0. The van der Waals surface area contributed by atoms with E-state index in [4.69, 9.17) is 4.74 Å². The zero-order chi connectivity index (χ0) is 17.8. The van der Waals surface area contributed by atoms with Gasteiger partial charge in [0.15, 0.2) is 6.10 Å². The van der Waals surface area contributed by atoms with E-state index >= 15 is 0 Å². The molecule has 2 aliphatic heterocycles. The highest BCUT2D eigenvalue weighted by atomic mass is 16.5. The highest BCUT2D eigenvalue weighted by Crippen LogP contribution is 2.22. The molecule has 2 heterocycles. The van der Waals surface area contributed by atoms with E-state index in [1.807, 2.05) is 0 Å². The molecule has 0 radical (unpaired) electrons. The first-order chi connectivity index (χ1) is 12.1. The van der Waals surface area contributed by atoms with Crippen molar-refractivity contribution in [3.63, 3.8) is 0 Å². The fourth-order valence-corrected chi connectivity index (χ4v) is 3.35. The van der Waals surface area contributed by atoms with Crippen LogP contribution in [-0.4, -0.2) is 48.4 Å². The molecule has 0 aromatic heterocycles. The minimum atomic E-state index is -0.787. The molecule has 1 aromatic carbocycles. The summed E-state index contributed by atoms with van der Waals surface area (Å²) in [5, 5.41) is 0. The number of carbonyl (C=O) groups excluding carboxylic acids is 3. The number of rotatable bonds is 4. The maximum absolute atomic E-state index is 12.3. The molecule has 1 aromatic rings.